The third-order valence-corrected chi connectivity index (χ3v) is 4.53. The summed E-state index contributed by atoms with van der Waals surface area (Å²) >= 11 is 2.28. The number of ether oxygens (including phenoxy) is 1. The first-order chi connectivity index (χ1) is 9.02. The van der Waals surface area contributed by atoms with Crippen LogP contribution in [0, 0.1) is 19.7 Å². The fourth-order valence-electron chi connectivity index (χ4n) is 2.53. The molecule has 0 N–H and O–H groups in total. The van der Waals surface area contributed by atoms with Gasteiger partial charge >= 0.3 is 5.63 Å². The molecular formula is C14H12FIO3. The average Bonchev–Trinajstić information content (AvgIpc) is 2.81. The molecule has 1 aromatic heterocycles. The molecule has 1 aromatic carbocycles. The molecule has 100 valence electrons. The van der Waals surface area contributed by atoms with Gasteiger partial charge in [0.25, 0.3) is 0 Å². The smallest absolute Gasteiger partial charge is 0.372 e. The Balaban J connectivity index is 2.35. The number of rotatable bonds is 1. The lowest BCUT2D eigenvalue weighted by Gasteiger charge is -2.10. The maximum Gasteiger partial charge on any atom is 0.372 e. The van der Waals surface area contributed by atoms with Crippen LogP contribution in [0.3, 0.4) is 0 Å². The first kappa shape index (κ1) is 12.9. The number of hydrogen-bond acceptors (Lipinski definition) is 3. The summed E-state index contributed by atoms with van der Waals surface area (Å²) in [6, 6.07) is 1.88. The zero-order chi connectivity index (χ0) is 13.7. The summed E-state index contributed by atoms with van der Waals surface area (Å²) in [5.41, 5.74) is 1.69. The number of fused-ring (bicyclic) bond motifs is 2. The fourth-order valence-corrected chi connectivity index (χ4v) is 3.02. The first-order valence-corrected chi connectivity index (χ1v) is 7.53. The van der Waals surface area contributed by atoms with Crippen LogP contribution in [-0.2, 0) is 6.42 Å². The van der Waals surface area contributed by atoms with E-state index in [1.54, 1.807) is 6.92 Å². The van der Waals surface area contributed by atoms with E-state index in [4.69, 9.17) is 9.15 Å². The summed E-state index contributed by atoms with van der Waals surface area (Å²) in [6.07, 6.45) is 0.956. The number of halogens is 2. The number of benzene rings is 1. The van der Waals surface area contributed by atoms with Crippen LogP contribution in [-0.4, -0.2) is 10.5 Å². The van der Waals surface area contributed by atoms with Gasteiger partial charge in [0.1, 0.15) is 17.4 Å². The molecule has 2 aromatic rings. The Bertz CT molecular complexity index is 736. The van der Waals surface area contributed by atoms with Gasteiger partial charge < -0.3 is 9.15 Å². The summed E-state index contributed by atoms with van der Waals surface area (Å²) in [7, 11) is 0. The lowest BCUT2D eigenvalue weighted by atomic mass is 10.0. The predicted octanol–water partition coefficient (Wildman–Crippen LogP) is 3.29. The van der Waals surface area contributed by atoms with Crippen molar-refractivity contribution in [2.75, 3.05) is 4.43 Å². The second kappa shape index (κ2) is 4.47. The monoisotopic (exact) mass is 374 g/mol. The quantitative estimate of drug-likeness (QED) is 0.437. The Morgan fingerprint density at radius 1 is 1.42 bits per heavy atom. The average molecular weight is 374 g/mol. The number of aryl methyl sites for hydroxylation is 2. The molecule has 0 spiro atoms. The Labute approximate surface area is 122 Å². The maximum atomic E-state index is 13.6. The van der Waals surface area contributed by atoms with Crippen molar-refractivity contribution in [2.45, 2.75) is 26.4 Å². The molecule has 3 nitrogen and oxygen atoms in total. The molecule has 5 heteroatoms. The van der Waals surface area contributed by atoms with Crippen LogP contribution in [0.5, 0.6) is 5.75 Å². The van der Waals surface area contributed by atoms with E-state index in [-0.39, 0.29) is 6.10 Å². The van der Waals surface area contributed by atoms with Crippen molar-refractivity contribution in [3.8, 4) is 5.75 Å². The molecule has 0 amide bonds. The molecule has 1 aliphatic rings. The second-order valence-electron chi connectivity index (χ2n) is 4.79. The minimum atomic E-state index is -0.920. The molecule has 1 atom stereocenters. The molecule has 1 aliphatic heterocycles. The van der Waals surface area contributed by atoms with Crippen LogP contribution in [0.25, 0.3) is 11.0 Å². The van der Waals surface area contributed by atoms with E-state index in [0.717, 1.165) is 27.7 Å². The molecule has 2 heterocycles. The van der Waals surface area contributed by atoms with Gasteiger partial charge in [-0.2, -0.15) is 4.39 Å². The van der Waals surface area contributed by atoms with Gasteiger partial charge in [0.15, 0.2) is 0 Å². The molecule has 1 unspecified atom stereocenters. The van der Waals surface area contributed by atoms with Gasteiger partial charge in [0.2, 0.25) is 5.82 Å². The van der Waals surface area contributed by atoms with Crippen molar-refractivity contribution in [2.24, 2.45) is 0 Å². The lowest BCUT2D eigenvalue weighted by Crippen LogP contribution is -2.13. The highest BCUT2D eigenvalue weighted by molar-refractivity contribution is 14.1. The van der Waals surface area contributed by atoms with E-state index in [1.807, 2.05) is 13.0 Å². The maximum absolute atomic E-state index is 13.6. The van der Waals surface area contributed by atoms with Crippen LogP contribution >= 0.6 is 22.6 Å². The van der Waals surface area contributed by atoms with E-state index in [9.17, 15) is 9.18 Å². The minimum Gasteiger partial charge on any atom is -0.489 e. The third-order valence-electron chi connectivity index (χ3n) is 3.55. The van der Waals surface area contributed by atoms with Crippen molar-refractivity contribution < 1.29 is 13.5 Å². The van der Waals surface area contributed by atoms with Crippen LogP contribution in [0.15, 0.2) is 15.3 Å². The second-order valence-corrected chi connectivity index (χ2v) is 5.67. The Hall–Kier alpha value is -1.11. The lowest BCUT2D eigenvalue weighted by molar-refractivity contribution is 0.261. The van der Waals surface area contributed by atoms with Crippen molar-refractivity contribution in [3.05, 3.63) is 39.0 Å². The SMILES string of the molecule is Cc1c(F)c(=O)oc2c(C)c3c(cc12)CC(CI)O3. The highest BCUT2D eigenvalue weighted by Crippen LogP contribution is 2.38. The van der Waals surface area contributed by atoms with E-state index >= 15 is 0 Å². The molecule has 3 rings (SSSR count). The third kappa shape index (κ3) is 1.86. The van der Waals surface area contributed by atoms with Gasteiger partial charge in [-0.3, -0.25) is 0 Å². The molecular weight excluding hydrogens is 362 g/mol. The van der Waals surface area contributed by atoms with Gasteiger partial charge in [-0.1, -0.05) is 22.6 Å². The van der Waals surface area contributed by atoms with Crippen LogP contribution < -0.4 is 10.4 Å². The first-order valence-electron chi connectivity index (χ1n) is 6.01. The summed E-state index contributed by atoms with van der Waals surface area (Å²) in [4.78, 5) is 11.4. The largest absolute Gasteiger partial charge is 0.489 e. The number of hydrogen-bond donors (Lipinski definition) is 0. The predicted molar refractivity (Wildman–Crippen MR) is 78.9 cm³/mol. The molecule has 0 bridgehead atoms. The van der Waals surface area contributed by atoms with E-state index in [0.29, 0.717) is 16.5 Å². The fraction of sp³-hybridized carbons (Fsp3) is 0.357. The van der Waals surface area contributed by atoms with Gasteiger partial charge in [0.05, 0.1) is 0 Å². The van der Waals surface area contributed by atoms with Crippen LogP contribution in [0.2, 0.25) is 0 Å². The molecule has 0 saturated heterocycles. The zero-order valence-corrected chi connectivity index (χ0v) is 12.7. The van der Waals surface area contributed by atoms with Crippen LogP contribution in [0.4, 0.5) is 4.39 Å². The Morgan fingerprint density at radius 2 is 2.16 bits per heavy atom. The highest BCUT2D eigenvalue weighted by atomic mass is 127. The van der Waals surface area contributed by atoms with Crippen molar-refractivity contribution in [1.29, 1.82) is 0 Å². The van der Waals surface area contributed by atoms with Gasteiger partial charge in [-0.15, -0.1) is 0 Å². The standard InChI is InChI=1S/C14H12FIO3/c1-6-10-4-8-3-9(5-16)18-12(8)7(2)13(10)19-14(17)11(6)15/h4,9H,3,5H2,1-2H3. The Morgan fingerprint density at radius 3 is 2.84 bits per heavy atom. The van der Waals surface area contributed by atoms with Gasteiger partial charge in [-0.05, 0) is 25.5 Å². The highest BCUT2D eigenvalue weighted by Gasteiger charge is 2.27. The molecule has 19 heavy (non-hydrogen) atoms. The van der Waals surface area contributed by atoms with E-state index in [1.165, 1.54) is 0 Å². The summed E-state index contributed by atoms with van der Waals surface area (Å²) in [6.45, 7) is 3.45. The molecule has 0 radical (unpaired) electrons. The number of alkyl halides is 1. The van der Waals surface area contributed by atoms with Crippen molar-refractivity contribution in [1.82, 2.24) is 0 Å². The van der Waals surface area contributed by atoms with Crippen LogP contribution in [0.1, 0.15) is 16.7 Å². The molecule has 0 aliphatic carbocycles. The summed E-state index contributed by atoms with van der Waals surface area (Å²) in [5.74, 6) is -0.0282. The topological polar surface area (TPSA) is 39.4 Å². The molecule has 0 fully saturated rings. The summed E-state index contributed by atoms with van der Waals surface area (Å²) < 4.78 is 25.5. The van der Waals surface area contributed by atoms with E-state index < -0.39 is 11.4 Å². The van der Waals surface area contributed by atoms with Gasteiger partial charge in [0, 0.05) is 27.4 Å². The molecule has 0 saturated carbocycles. The minimum absolute atomic E-state index is 0.142. The van der Waals surface area contributed by atoms with E-state index in [2.05, 4.69) is 22.6 Å². The Kier molecular flexibility index (Phi) is 3.03. The zero-order valence-electron chi connectivity index (χ0n) is 10.5. The van der Waals surface area contributed by atoms with Crippen molar-refractivity contribution in [3.63, 3.8) is 0 Å². The summed E-state index contributed by atoms with van der Waals surface area (Å²) in [5, 5.41) is 0.658. The van der Waals surface area contributed by atoms with Gasteiger partial charge in [-0.25, -0.2) is 4.79 Å². The van der Waals surface area contributed by atoms with Crippen molar-refractivity contribution >= 4 is 33.6 Å². The normalized spacial score (nSPS) is 17.6.